The third-order valence-corrected chi connectivity index (χ3v) is 2.75. The largest absolute Gasteiger partial charge is 0.346 e. The van der Waals surface area contributed by atoms with E-state index in [1.54, 1.807) is 20.8 Å². The van der Waals surface area contributed by atoms with Gasteiger partial charge in [0.2, 0.25) is 0 Å². The lowest BCUT2D eigenvalue weighted by atomic mass is 9.96. The molecule has 3 N–H and O–H groups in total. The minimum atomic E-state index is -0.760. The first-order valence-corrected chi connectivity index (χ1v) is 5.27. The monoisotopic (exact) mass is 242 g/mol. The highest BCUT2D eigenvalue weighted by Gasteiger charge is 2.26. The maximum atomic E-state index is 13.3. The average Bonchev–Trinajstić information content (AvgIpc) is 2.20. The Bertz CT molecular complexity index is 431. The lowest BCUT2D eigenvalue weighted by Gasteiger charge is -2.30. The molecule has 0 saturated heterocycles. The lowest BCUT2D eigenvalue weighted by Crippen LogP contribution is -2.54. The van der Waals surface area contributed by atoms with Gasteiger partial charge in [-0.05, 0) is 39.0 Å². The summed E-state index contributed by atoms with van der Waals surface area (Å²) in [6.45, 7) is 5.15. The fourth-order valence-electron chi connectivity index (χ4n) is 1.15. The quantitative estimate of drug-likeness (QED) is 0.849. The van der Waals surface area contributed by atoms with Crippen LogP contribution in [0.1, 0.15) is 31.1 Å². The molecule has 0 heterocycles. The smallest absolute Gasteiger partial charge is 0.254 e. The maximum Gasteiger partial charge on any atom is 0.254 e. The molecule has 0 aromatic heterocycles. The van der Waals surface area contributed by atoms with E-state index >= 15 is 0 Å². The molecular weight excluding hydrogens is 226 g/mol. The Morgan fingerprint density at radius 2 is 2.00 bits per heavy atom. The molecule has 1 unspecified atom stereocenters. The van der Waals surface area contributed by atoms with Gasteiger partial charge >= 0.3 is 0 Å². The molecule has 94 valence electrons. The molecule has 1 rings (SSSR count). The zero-order chi connectivity index (χ0) is 13.2. The molecule has 0 saturated carbocycles. The van der Waals surface area contributed by atoms with Gasteiger partial charge in [-0.3, -0.25) is 4.79 Å². The van der Waals surface area contributed by atoms with Crippen molar-refractivity contribution in [3.05, 3.63) is 35.4 Å². The summed E-state index contributed by atoms with van der Waals surface area (Å²) in [5.41, 5.74) is 4.66. The first kappa shape index (κ1) is 13.6. The van der Waals surface area contributed by atoms with E-state index in [2.05, 4.69) is 5.32 Å². The fraction of sp³-hybridized carbons (Fsp3) is 0.417. The Kier molecular flexibility index (Phi) is 3.83. The number of nitrogens with one attached hydrogen (secondary N) is 1. The first-order valence-electron chi connectivity index (χ1n) is 5.27. The highest BCUT2D eigenvalue weighted by molar-refractivity contribution is 5.95. The van der Waals surface area contributed by atoms with Gasteiger partial charge in [0.15, 0.2) is 0 Å². The molecule has 0 radical (unpaired) electrons. The van der Waals surface area contributed by atoms with Gasteiger partial charge in [-0.15, -0.1) is 0 Å². The number of hydrogen-bond acceptors (Lipinski definition) is 2. The third-order valence-electron chi connectivity index (χ3n) is 2.75. The molecular formula is C12H16F2N2O. The highest BCUT2D eigenvalue weighted by Crippen LogP contribution is 2.13. The second kappa shape index (κ2) is 4.79. The Hall–Kier alpha value is -1.49. The van der Waals surface area contributed by atoms with Crippen molar-refractivity contribution in [2.24, 2.45) is 5.73 Å². The van der Waals surface area contributed by atoms with E-state index in [1.165, 1.54) is 0 Å². The van der Waals surface area contributed by atoms with Crippen LogP contribution in [0.15, 0.2) is 18.2 Å². The maximum absolute atomic E-state index is 13.3. The van der Waals surface area contributed by atoms with Crippen LogP contribution in [0.4, 0.5) is 8.78 Å². The van der Waals surface area contributed by atoms with Crippen LogP contribution in [-0.4, -0.2) is 17.5 Å². The van der Waals surface area contributed by atoms with Crippen molar-refractivity contribution in [2.75, 3.05) is 0 Å². The Morgan fingerprint density at radius 1 is 1.41 bits per heavy atom. The molecule has 0 fully saturated rings. The van der Waals surface area contributed by atoms with Crippen molar-refractivity contribution in [3.63, 3.8) is 0 Å². The molecule has 1 aromatic rings. The summed E-state index contributed by atoms with van der Waals surface area (Å²) in [6, 6.07) is 2.43. The van der Waals surface area contributed by atoms with E-state index < -0.39 is 23.1 Å². The van der Waals surface area contributed by atoms with Crippen molar-refractivity contribution in [2.45, 2.75) is 32.4 Å². The average molecular weight is 242 g/mol. The molecule has 17 heavy (non-hydrogen) atoms. The summed E-state index contributed by atoms with van der Waals surface area (Å²) in [7, 11) is 0. The molecule has 1 aromatic carbocycles. The van der Waals surface area contributed by atoms with Gasteiger partial charge in [0.1, 0.15) is 11.6 Å². The molecule has 0 aliphatic carbocycles. The molecule has 0 aliphatic rings. The summed E-state index contributed by atoms with van der Waals surface area (Å²) < 4.78 is 26.3. The predicted molar refractivity (Wildman–Crippen MR) is 61.6 cm³/mol. The van der Waals surface area contributed by atoms with Gasteiger partial charge in [-0.25, -0.2) is 8.78 Å². The number of nitrogens with two attached hydrogens (primary N) is 1. The molecule has 0 aliphatic heterocycles. The third kappa shape index (κ3) is 3.23. The van der Waals surface area contributed by atoms with Crippen LogP contribution < -0.4 is 11.1 Å². The predicted octanol–water partition coefficient (Wildman–Crippen LogP) is 1.82. The number of benzene rings is 1. The van der Waals surface area contributed by atoms with Gasteiger partial charge in [-0.1, -0.05) is 0 Å². The molecule has 3 nitrogen and oxygen atoms in total. The van der Waals surface area contributed by atoms with Crippen molar-refractivity contribution in [1.82, 2.24) is 5.32 Å². The minimum Gasteiger partial charge on any atom is -0.346 e. The Labute approximate surface area is 99.0 Å². The molecule has 5 heteroatoms. The normalized spacial score (nSPS) is 13.3. The lowest BCUT2D eigenvalue weighted by molar-refractivity contribution is 0.0898. The van der Waals surface area contributed by atoms with Crippen LogP contribution in [0.2, 0.25) is 0 Å². The fourth-order valence-corrected chi connectivity index (χ4v) is 1.15. The van der Waals surface area contributed by atoms with Gasteiger partial charge in [0.25, 0.3) is 5.91 Å². The number of rotatable bonds is 3. The molecule has 0 bridgehead atoms. The summed E-state index contributed by atoms with van der Waals surface area (Å²) in [6.07, 6.45) is 0. The standard InChI is InChI=1S/C12H16F2N2O/c1-7(15)12(2,3)16-11(17)9-6-8(13)4-5-10(9)14/h4-7H,15H2,1-3H3,(H,16,17). The number of amides is 1. The number of carbonyl (C=O) groups is 1. The molecule has 1 amide bonds. The van der Waals surface area contributed by atoms with Crippen molar-refractivity contribution in [3.8, 4) is 0 Å². The van der Waals surface area contributed by atoms with Crippen molar-refractivity contribution >= 4 is 5.91 Å². The van der Waals surface area contributed by atoms with E-state index in [4.69, 9.17) is 5.73 Å². The van der Waals surface area contributed by atoms with Crippen molar-refractivity contribution in [1.29, 1.82) is 0 Å². The Balaban J connectivity index is 2.94. The number of hydrogen-bond donors (Lipinski definition) is 2. The van der Waals surface area contributed by atoms with Gasteiger partial charge in [0.05, 0.1) is 5.56 Å². The SMILES string of the molecule is CC(N)C(C)(C)NC(=O)c1cc(F)ccc1F. The topological polar surface area (TPSA) is 55.1 Å². The van der Waals surface area contributed by atoms with E-state index in [0.717, 1.165) is 18.2 Å². The zero-order valence-corrected chi connectivity index (χ0v) is 10.1. The van der Waals surface area contributed by atoms with E-state index in [0.29, 0.717) is 0 Å². The van der Waals surface area contributed by atoms with Crippen LogP contribution in [0.25, 0.3) is 0 Å². The minimum absolute atomic E-state index is 0.317. The number of carbonyl (C=O) groups excluding carboxylic acids is 1. The van der Waals surface area contributed by atoms with Gasteiger partial charge in [0, 0.05) is 11.6 Å². The summed E-state index contributed by atoms with van der Waals surface area (Å²) in [5, 5.41) is 2.57. The zero-order valence-electron chi connectivity index (χ0n) is 10.1. The van der Waals surface area contributed by atoms with E-state index in [1.807, 2.05) is 0 Å². The van der Waals surface area contributed by atoms with E-state index in [-0.39, 0.29) is 11.6 Å². The highest BCUT2D eigenvalue weighted by atomic mass is 19.1. The van der Waals surface area contributed by atoms with Crippen molar-refractivity contribution < 1.29 is 13.6 Å². The van der Waals surface area contributed by atoms with Crippen LogP contribution in [0.5, 0.6) is 0 Å². The summed E-state index contributed by atoms with van der Waals surface area (Å²) in [5.74, 6) is -2.09. The number of halogens is 2. The second-order valence-corrected chi connectivity index (χ2v) is 4.59. The first-order chi connectivity index (χ1) is 7.74. The summed E-state index contributed by atoms with van der Waals surface area (Å²) in [4.78, 5) is 11.8. The van der Waals surface area contributed by atoms with Crippen LogP contribution in [0.3, 0.4) is 0 Å². The second-order valence-electron chi connectivity index (χ2n) is 4.59. The molecule has 1 atom stereocenters. The van der Waals surface area contributed by atoms with Crippen LogP contribution in [-0.2, 0) is 0 Å². The summed E-state index contributed by atoms with van der Waals surface area (Å²) >= 11 is 0. The van der Waals surface area contributed by atoms with Crippen LogP contribution >= 0.6 is 0 Å². The Morgan fingerprint density at radius 3 is 2.53 bits per heavy atom. The van der Waals surface area contributed by atoms with Gasteiger partial charge in [-0.2, -0.15) is 0 Å². The van der Waals surface area contributed by atoms with Gasteiger partial charge < -0.3 is 11.1 Å². The van der Waals surface area contributed by atoms with E-state index in [9.17, 15) is 13.6 Å². The molecule has 0 spiro atoms. The van der Waals surface area contributed by atoms with Crippen LogP contribution in [0, 0.1) is 11.6 Å².